The summed E-state index contributed by atoms with van der Waals surface area (Å²) < 4.78 is 15.9. The summed E-state index contributed by atoms with van der Waals surface area (Å²) in [6.07, 6.45) is 0. The van der Waals surface area contributed by atoms with Crippen molar-refractivity contribution in [2.75, 3.05) is 0 Å². The number of benzene rings is 2. The molecule has 0 saturated heterocycles. The van der Waals surface area contributed by atoms with Crippen LogP contribution < -0.4 is 0 Å². The van der Waals surface area contributed by atoms with Gasteiger partial charge in [-0.1, -0.05) is 36.4 Å². The zero-order valence-corrected chi connectivity index (χ0v) is 12.6. The Labute approximate surface area is 123 Å². The number of hydrogen-bond acceptors (Lipinski definition) is 3. The molecule has 2 aromatic carbocycles. The minimum absolute atomic E-state index is 0.0960. The van der Waals surface area contributed by atoms with E-state index in [2.05, 4.69) is 4.99 Å². The van der Waals surface area contributed by atoms with Gasteiger partial charge >= 0.3 is 7.82 Å². The molecular formula is C15H16NO4P. The van der Waals surface area contributed by atoms with E-state index >= 15 is 0 Å². The molecule has 0 aromatic heterocycles. The number of nitrogens with zero attached hydrogens (tertiary/aromatic N) is 1. The minimum atomic E-state index is -4.69. The Morgan fingerprint density at radius 2 is 1.57 bits per heavy atom. The van der Waals surface area contributed by atoms with Crippen LogP contribution in [0, 0.1) is 13.8 Å². The molecule has 0 heterocycles. The summed E-state index contributed by atoms with van der Waals surface area (Å²) in [5.74, 6) is -0.0960. The van der Waals surface area contributed by atoms with Crippen LogP contribution in [-0.4, -0.2) is 15.7 Å². The quantitative estimate of drug-likeness (QED) is 0.517. The van der Waals surface area contributed by atoms with Gasteiger partial charge in [-0.15, -0.1) is 0 Å². The van der Waals surface area contributed by atoms with Crippen LogP contribution in [0.5, 0.6) is 0 Å². The average molecular weight is 305 g/mol. The van der Waals surface area contributed by atoms with Crippen molar-refractivity contribution in [3.05, 3.63) is 65.2 Å². The molecule has 0 aliphatic rings. The second kappa shape index (κ2) is 6.22. The van der Waals surface area contributed by atoms with Gasteiger partial charge in [-0.3, -0.25) is 9.79 Å². The summed E-state index contributed by atoms with van der Waals surface area (Å²) in [7, 11) is -4.69. The Kier molecular flexibility index (Phi) is 4.58. The highest BCUT2D eigenvalue weighted by atomic mass is 31.2. The molecule has 5 nitrogen and oxygen atoms in total. The molecule has 2 aromatic rings. The molecule has 2 rings (SSSR count). The van der Waals surface area contributed by atoms with Gasteiger partial charge in [0, 0.05) is 5.56 Å². The molecule has 6 heteroatoms. The molecule has 0 unspecified atom stereocenters. The van der Waals surface area contributed by atoms with E-state index in [1.54, 1.807) is 30.3 Å². The number of aryl methyl sites for hydroxylation is 2. The normalized spacial score (nSPS) is 12.3. The molecule has 0 amide bonds. The molecule has 2 N–H and O–H groups in total. The lowest BCUT2D eigenvalue weighted by molar-refractivity contribution is 0.279. The van der Waals surface area contributed by atoms with Crippen LogP contribution >= 0.6 is 7.82 Å². The molecular weight excluding hydrogens is 289 g/mol. The van der Waals surface area contributed by atoms with E-state index in [-0.39, 0.29) is 5.90 Å². The van der Waals surface area contributed by atoms with Crippen LogP contribution in [0.4, 0.5) is 5.69 Å². The van der Waals surface area contributed by atoms with Crippen LogP contribution in [0.3, 0.4) is 0 Å². The van der Waals surface area contributed by atoms with Crippen LogP contribution in [0.15, 0.2) is 53.5 Å². The predicted octanol–water partition coefficient (Wildman–Crippen LogP) is 3.49. The van der Waals surface area contributed by atoms with Crippen molar-refractivity contribution in [3.8, 4) is 0 Å². The minimum Gasteiger partial charge on any atom is -0.385 e. The fourth-order valence-electron chi connectivity index (χ4n) is 1.91. The highest BCUT2D eigenvalue weighted by Gasteiger charge is 2.20. The fourth-order valence-corrected chi connectivity index (χ4v) is 2.29. The monoisotopic (exact) mass is 305 g/mol. The van der Waals surface area contributed by atoms with Crippen molar-refractivity contribution in [2.45, 2.75) is 13.8 Å². The number of para-hydroxylation sites is 1. The number of phosphoric acid groups is 1. The topological polar surface area (TPSA) is 79.1 Å². The fraction of sp³-hybridized carbons (Fsp3) is 0.133. The maximum absolute atomic E-state index is 11.2. The summed E-state index contributed by atoms with van der Waals surface area (Å²) in [5.41, 5.74) is 2.95. The largest absolute Gasteiger partial charge is 0.526 e. The van der Waals surface area contributed by atoms with Crippen LogP contribution in [0.2, 0.25) is 0 Å². The molecule has 0 saturated carbocycles. The van der Waals surface area contributed by atoms with E-state index in [4.69, 9.17) is 14.3 Å². The zero-order chi connectivity index (χ0) is 15.5. The van der Waals surface area contributed by atoms with E-state index in [1.165, 1.54) is 0 Å². The predicted molar refractivity (Wildman–Crippen MR) is 81.7 cm³/mol. The first-order valence-electron chi connectivity index (χ1n) is 6.32. The Balaban J connectivity index is 2.54. The third kappa shape index (κ3) is 4.26. The van der Waals surface area contributed by atoms with Crippen molar-refractivity contribution in [2.24, 2.45) is 4.99 Å². The van der Waals surface area contributed by atoms with Crippen LogP contribution in [0.25, 0.3) is 0 Å². The lowest BCUT2D eigenvalue weighted by Gasteiger charge is -2.12. The van der Waals surface area contributed by atoms with Crippen LogP contribution in [0.1, 0.15) is 16.7 Å². The van der Waals surface area contributed by atoms with Gasteiger partial charge < -0.3 is 4.52 Å². The van der Waals surface area contributed by atoms with Crippen LogP contribution in [-0.2, 0) is 9.09 Å². The second-order valence-corrected chi connectivity index (χ2v) is 5.77. The molecule has 0 bridgehead atoms. The molecule has 0 aliphatic carbocycles. The first-order chi connectivity index (χ1) is 9.87. The van der Waals surface area contributed by atoms with Gasteiger partial charge in [0.05, 0.1) is 5.69 Å². The Hall–Kier alpha value is -1.94. The maximum Gasteiger partial charge on any atom is 0.526 e. The second-order valence-electron chi connectivity index (χ2n) is 4.61. The summed E-state index contributed by atoms with van der Waals surface area (Å²) >= 11 is 0. The zero-order valence-electron chi connectivity index (χ0n) is 11.7. The van der Waals surface area contributed by atoms with E-state index in [1.807, 2.05) is 32.0 Å². The average Bonchev–Trinajstić information content (AvgIpc) is 2.41. The highest BCUT2D eigenvalue weighted by Crippen LogP contribution is 2.38. The van der Waals surface area contributed by atoms with Crippen molar-refractivity contribution >= 4 is 19.4 Å². The highest BCUT2D eigenvalue weighted by molar-refractivity contribution is 7.47. The van der Waals surface area contributed by atoms with Crippen molar-refractivity contribution in [1.29, 1.82) is 0 Å². The molecule has 0 fully saturated rings. The molecule has 110 valence electrons. The van der Waals surface area contributed by atoms with E-state index in [0.29, 0.717) is 11.3 Å². The molecule has 0 aliphatic heterocycles. The first kappa shape index (κ1) is 15.4. The SMILES string of the molecule is Cc1cccc(C)c1N=C(OP(=O)(O)O)c1ccccc1. The summed E-state index contributed by atoms with van der Waals surface area (Å²) in [4.78, 5) is 22.5. The Bertz CT molecular complexity index is 687. The van der Waals surface area contributed by atoms with E-state index in [9.17, 15) is 4.57 Å². The van der Waals surface area contributed by atoms with Gasteiger partial charge in [0.25, 0.3) is 0 Å². The van der Waals surface area contributed by atoms with Gasteiger partial charge in [0.2, 0.25) is 5.90 Å². The molecule has 21 heavy (non-hydrogen) atoms. The lowest BCUT2D eigenvalue weighted by Crippen LogP contribution is -2.05. The van der Waals surface area contributed by atoms with Gasteiger partial charge in [0.15, 0.2) is 0 Å². The molecule has 0 spiro atoms. The number of aliphatic imine (C=N–C) groups is 1. The maximum atomic E-state index is 11.2. The molecule has 0 atom stereocenters. The third-order valence-corrected chi connectivity index (χ3v) is 3.29. The summed E-state index contributed by atoms with van der Waals surface area (Å²) in [6.45, 7) is 3.76. The standard InChI is InChI=1S/C15H16NO4P/c1-11-7-6-8-12(2)14(11)16-15(20-21(17,18)19)13-9-4-3-5-10-13/h3-10H,1-2H3,(H2,17,18,19). The summed E-state index contributed by atoms with van der Waals surface area (Å²) in [5, 5.41) is 0. The van der Waals surface area contributed by atoms with Crippen molar-refractivity contribution in [1.82, 2.24) is 0 Å². The third-order valence-electron chi connectivity index (χ3n) is 2.88. The van der Waals surface area contributed by atoms with E-state index < -0.39 is 7.82 Å². The number of phosphoric ester groups is 1. The van der Waals surface area contributed by atoms with Gasteiger partial charge in [-0.25, -0.2) is 9.56 Å². The Morgan fingerprint density at radius 3 is 2.10 bits per heavy atom. The summed E-state index contributed by atoms with van der Waals surface area (Å²) in [6, 6.07) is 14.3. The smallest absolute Gasteiger partial charge is 0.385 e. The molecule has 0 radical (unpaired) electrons. The first-order valence-corrected chi connectivity index (χ1v) is 7.85. The van der Waals surface area contributed by atoms with Gasteiger partial charge in [0.1, 0.15) is 0 Å². The van der Waals surface area contributed by atoms with Crippen molar-refractivity contribution < 1.29 is 18.9 Å². The van der Waals surface area contributed by atoms with E-state index in [0.717, 1.165) is 11.1 Å². The number of rotatable bonds is 3. The lowest BCUT2D eigenvalue weighted by atomic mass is 10.1. The number of hydrogen-bond donors (Lipinski definition) is 2. The van der Waals surface area contributed by atoms with Gasteiger partial charge in [-0.05, 0) is 37.1 Å². The van der Waals surface area contributed by atoms with Gasteiger partial charge in [-0.2, -0.15) is 0 Å². The Morgan fingerprint density at radius 1 is 1.00 bits per heavy atom. The van der Waals surface area contributed by atoms with Crippen molar-refractivity contribution in [3.63, 3.8) is 0 Å².